The largest absolute Gasteiger partial charge is 0.361 e. The molecule has 4 aromatic rings. The average Bonchev–Trinajstić information content (AvgIpc) is 3.25. The third kappa shape index (κ3) is 4.97. The van der Waals surface area contributed by atoms with Crippen LogP contribution in [-0.2, 0) is 6.42 Å². The highest BCUT2D eigenvalue weighted by Gasteiger charge is 2.18. The van der Waals surface area contributed by atoms with E-state index in [-0.39, 0.29) is 0 Å². The van der Waals surface area contributed by atoms with Crippen LogP contribution in [-0.4, -0.2) is 22.4 Å². The SMILES string of the molecule is Cc1cccc2sc(NCCc3ccc(/N=C4/NC(c5ccccc5)CCS4)cc3)nc12. The highest BCUT2D eigenvalue weighted by Crippen LogP contribution is 2.28. The molecule has 1 aliphatic rings. The molecule has 1 atom stereocenters. The molecule has 0 bridgehead atoms. The third-order valence-electron chi connectivity index (χ3n) is 5.62. The van der Waals surface area contributed by atoms with Gasteiger partial charge < -0.3 is 10.6 Å². The molecular weight excluding hydrogens is 432 g/mol. The smallest absolute Gasteiger partial charge is 0.183 e. The van der Waals surface area contributed by atoms with Gasteiger partial charge in [0.25, 0.3) is 0 Å². The Kier molecular flexibility index (Phi) is 6.41. The number of nitrogens with zero attached hydrogens (tertiary/aromatic N) is 2. The fourth-order valence-electron chi connectivity index (χ4n) is 3.87. The van der Waals surface area contributed by atoms with E-state index in [0.717, 1.165) is 46.6 Å². The second kappa shape index (κ2) is 9.76. The van der Waals surface area contributed by atoms with Crippen molar-refractivity contribution in [2.24, 2.45) is 4.99 Å². The van der Waals surface area contributed by atoms with Crippen LogP contribution in [0.3, 0.4) is 0 Å². The minimum Gasteiger partial charge on any atom is -0.361 e. The number of anilines is 1. The maximum absolute atomic E-state index is 4.84. The Labute approximate surface area is 197 Å². The molecule has 32 heavy (non-hydrogen) atoms. The molecule has 1 aromatic heterocycles. The van der Waals surface area contributed by atoms with Crippen LogP contribution in [0.1, 0.15) is 29.2 Å². The minimum absolute atomic E-state index is 0.341. The molecule has 1 unspecified atom stereocenters. The Morgan fingerprint density at radius 3 is 2.69 bits per heavy atom. The number of aryl methyl sites for hydroxylation is 1. The second-order valence-corrected chi connectivity index (χ2v) is 10.1. The molecule has 3 aromatic carbocycles. The maximum Gasteiger partial charge on any atom is 0.183 e. The first-order chi connectivity index (χ1) is 15.7. The summed E-state index contributed by atoms with van der Waals surface area (Å²) in [7, 11) is 0. The fraction of sp³-hybridized carbons (Fsp3) is 0.231. The van der Waals surface area contributed by atoms with Crippen molar-refractivity contribution < 1.29 is 0 Å². The molecule has 162 valence electrons. The molecule has 2 heterocycles. The topological polar surface area (TPSA) is 49.3 Å². The molecule has 0 aliphatic carbocycles. The minimum atomic E-state index is 0.341. The van der Waals surface area contributed by atoms with Crippen molar-refractivity contribution in [3.05, 3.63) is 89.5 Å². The number of fused-ring (bicyclic) bond motifs is 1. The number of rotatable bonds is 6. The van der Waals surface area contributed by atoms with E-state index in [4.69, 9.17) is 9.98 Å². The van der Waals surface area contributed by atoms with E-state index in [1.54, 1.807) is 23.1 Å². The number of nitrogens with one attached hydrogen (secondary N) is 2. The van der Waals surface area contributed by atoms with Crippen molar-refractivity contribution in [1.82, 2.24) is 10.3 Å². The molecule has 4 nitrogen and oxygen atoms in total. The highest BCUT2D eigenvalue weighted by atomic mass is 32.2. The number of amidine groups is 1. The Hall–Kier alpha value is -2.83. The normalized spacial score (nSPS) is 17.4. The zero-order valence-corrected chi connectivity index (χ0v) is 19.7. The summed E-state index contributed by atoms with van der Waals surface area (Å²) in [5, 5.41) is 9.07. The van der Waals surface area contributed by atoms with Crippen LogP contribution in [0.15, 0.2) is 77.8 Å². The monoisotopic (exact) mass is 458 g/mol. The van der Waals surface area contributed by atoms with E-state index in [9.17, 15) is 0 Å². The lowest BCUT2D eigenvalue weighted by molar-refractivity contribution is 0.628. The summed E-state index contributed by atoms with van der Waals surface area (Å²) in [6, 6.07) is 25.9. The van der Waals surface area contributed by atoms with Gasteiger partial charge in [-0.3, -0.25) is 0 Å². The Bertz CT molecular complexity index is 1220. The maximum atomic E-state index is 4.84. The van der Waals surface area contributed by atoms with Gasteiger partial charge in [-0.05, 0) is 54.7 Å². The first kappa shape index (κ1) is 21.0. The average molecular weight is 459 g/mol. The van der Waals surface area contributed by atoms with E-state index < -0.39 is 0 Å². The van der Waals surface area contributed by atoms with Gasteiger partial charge in [-0.15, -0.1) is 0 Å². The van der Waals surface area contributed by atoms with Gasteiger partial charge in [0.1, 0.15) is 0 Å². The van der Waals surface area contributed by atoms with E-state index >= 15 is 0 Å². The molecule has 1 fully saturated rings. The highest BCUT2D eigenvalue weighted by molar-refractivity contribution is 8.13. The number of benzene rings is 3. The fourth-order valence-corrected chi connectivity index (χ4v) is 5.78. The summed E-state index contributed by atoms with van der Waals surface area (Å²) in [6.45, 7) is 2.97. The number of hydrogen-bond donors (Lipinski definition) is 2. The van der Waals surface area contributed by atoms with E-state index in [1.165, 1.54) is 21.4 Å². The third-order valence-corrected chi connectivity index (χ3v) is 7.52. The number of thioether (sulfide) groups is 1. The van der Waals surface area contributed by atoms with Crippen LogP contribution in [0.5, 0.6) is 0 Å². The molecule has 5 rings (SSSR count). The second-order valence-electron chi connectivity index (χ2n) is 7.95. The lowest BCUT2D eigenvalue weighted by Gasteiger charge is -2.25. The van der Waals surface area contributed by atoms with Crippen molar-refractivity contribution >= 4 is 49.3 Å². The summed E-state index contributed by atoms with van der Waals surface area (Å²) in [4.78, 5) is 9.57. The van der Waals surface area contributed by atoms with Gasteiger partial charge in [0.2, 0.25) is 0 Å². The number of hydrogen-bond acceptors (Lipinski definition) is 5. The van der Waals surface area contributed by atoms with Gasteiger partial charge in [0, 0.05) is 12.3 Å². The number of aromatic nitrogens is 1. The van der Waals surface area contributed by atoms with Gasteiger partial charge in [-0.2, -0.15) is 0 Å². The van der Waals surface area contributed by atoms with Crippen LogP contribution in [0, 0.1) is 6.92 Å². The Balaban J connectivity index is 1.17. The molecular formula is C26H26N4S2. The lowest BCUT2D eigenvalue weighted by atomic mass is 10.1. The van der Waals surface area contributed by atoms with Crippen LogP contribution in [0.4, 0.5) is 10.8 Å². The molecule has 1 aliphatic heterocycles. The molecule has 6 heteroatoms. The van der Waals surface area contributed by atoms with Crippen molar-refractivity contribution in [3.8, 4) is 0 Å². The van der Waals surface area contributed by atoms with Crippen LogP contribution >= 0.6 is 23.1 Å². The summed E-state index contributed by atoms with van der Waals surface area (Å²) < 4.78 is 1.24. The van der Waals surface area contributed by atoms with Gasteiger partial charge in [0.15, 0.2) is 10.3 Å². The van der Waals surface area contributed by atoms with Crippen LogP contribution in [0.2, 0.25) is 0 Å². The van der Waals surface area contributed by atoms with Crippen LogP contribution < -0.4 is 10.6 Å². The summed E-state index contributed by atoms with van der Waals surface area (Å²) >= 11 is 3.52. The van der Waals surface area contributed by atoms with Gasteiger partial charge in [-0.1, -0.05) is 77.7 Å². The molecule has 0 radical (unpaired) electrons. The Morgan fingerprint density at radius 2 is 1.88 bits per heavy atom. The lowest BCUT2D eigenvalue weighted by Crippen LogP contribution is -2.31. The molecule has 0 spiro atoms. The van der Waals surface area contributed by atoms with E-state index in [0.29, 0.717) is 6.04 Å². The number of aliphatic imine (C=N–C) groups is 1. The summed E-state index contributed by atoms with van der Waals surface area (Å²) in [6.07, 6.45) is 2.07. The van der Waals surface area contributed by atoms with Crippen molar-refractivity contribution in [3.63, 3.8) is 0 Å². The predicted octanol–water partition coefficient (Wildman–Crippen LogP) is 6.71. The van der Waals surface area contributed by atoms with Crippen LogP contribution in [0.25, 0.3) is 10.2 Å². The Morgan fingerprint density at radius 1 is 1.03 bits per heavy atom. The standard InChI is InChI=1S/C26H26N4S2/c1-18-6-5-9-23-24(18)30-25(32-23)27-16-14-19-10-12-21(13-11-19)28-26-29-22(15-17-31-26)20-7-3-2-4-8-20/h2-13,22H,14-17H2,1H3,(H,27,30)(H,28,29). The van der Waals surface area contributed by atoms with E-state index in [2.05, 4.69) is 90.4 Å². The zero-order valence-electron chi connectivity index (χ0n) is 18.0. The molecule has 0 saturated carbocycles. The summed E-state index contributed by atoms with van der Waals surface area (Å²) in [5.41, 5.74) is 5.95. The predicted molar refractivity (Wildman–Crippen MR) is 139 cm³/mol. The van der Waals surface area contributed by atoms with Gasteiger partial charge >= 0.3 is 0 Å². The number of para-hydroxylation sites is 1. The van der Waals surface area contributed by atoms with Crippen molar-refractivity contribution in [1.29, 1.82) is 0 Å². The first-order valence-corrected chi connectivity index (χ1v) is 12.8. The van der Waals surface area contributed by atoms with Crippen molar-refractivity contribution in [2.45, 2.75) is 25.8 Å². The van der Waals surface area contributed by atoms with Gasteiger partial charge in [-0.25, -0.2) is 9.98 Å². The zero-order chi connectivity index (χ0) is 21.8. The number of thiazole rings is 1. The van der Waals surface area contributed by atoms with E-state index in [1.807, 2.05) is 0 Å². The van der Waals surface area contributed by atoms with Gasteiger partial charge in [0.05, 0.1) is 21.9 Å². The van der Waals surface area contributed by atoms with Crippen molar-refractivity contribution in [2.75, 3.05) is 17.6 Å². The molecule has 1 saturated heterocycles. The quantitative estimate of drug-likeness (QED) is 0.337. The summed E-state index contributed by atoms with van der Waals surface area (Å²) in [5.74, 6) is 1.08. The molecule has 2 N–H and O–H groups in total. The first-order valence-electron chi connectivity index (χ1n) is 11.0. The molecule has 0 amide bonds.